The van der Waals surface area contributed by atoms with E-state index >= 15 is 0 Å². The molecule has 0 spiro atoms. The molecule has 0 bridgehead atoms. The van der Waals surface area contributed by atoms with Crippen LogP contribution in [0, 0.1) is 0 Å². The Balaban J connectivity index is 2.32. The van der Waals surface area contributed by atoms with E-state index in [1.807, 2.05) is 31.2 Å². The van der Waals surface area contributed by atoms with E-state index in [0.29, 0.717) is 5.88 Å². The molecule has 106 valence electrons. The minimum absolute atomic E-state index is 0.621. The van der Waals surface area contributed by atoms with Crippen LogP contribution >= 0.6 is 15.9 Å². The number of rotatable bonds is 6. The molecule has 1 heterocycles. The minimum Gasteiger partial charge on any atom is -0.439 e. The van der Waals surface area contributed by atoms with Crippen LogP contribution in [0.4, 0.5) is 5.82 Å². The Hall–Kier alpha value is -1.62. The Bertz CT molecular complexity index is 575. The van der Waals surface area contributed by atoms with E-state index in [0.717, 1.165) is 41.0 Å². The average Bonchev–Trinajstić information content (AvgIpc) is 2.43. The maximum absolute atomic E-state index is 5.91. The third-order valence-corrected chi connectivity index (χ3v) is 3.25. The summed E-state index contributed by atoms with van der Waals surface area (Å²) in [6.45, 7) is 5.00. The molecule has 0 saturated heterocycles. The molecule has 1 aromatic carbocycles. The standard InChI is InChI=1S/C15H18BrN3O/c1-3-6-13-14(17-4-2)18-10-19-15(13)20-12-8-5-7-11(16)9-12/h5,7-10H,3-4,6H2,1-2H3,(H,17,18,19). The van der Waals surface area contributed by atoms with Gasteiger partial charge in [0.15, 0.2) is 0 Å². The third-order valence-electron chi connectivity index (χ3n) is 2.76. The molecule has 0 atom stereocenters. The first-order valence-corrected chi connectivity index (χ1v) is 7.55. The Morgan fingerprint density at radius 3 is 2.80 bits per heavy atom. The first-order valence-electron chi connectivity index (χ1n) is 6.75. The van der Waals surface area contributed by atoms with Crippen LogP contribution in [0.15, 0.2) is 35.1 Å². The number of hydrogen-bond acceptors (Lipinski definition) is 4. The highest BCUT2D eigenvalue weighted by molar-refractivity contribution is 9.10. The van der Waals surface area contributed by atoms with Gasteiger partial charge in [0.25, 0.3) is 0 Å². The molecule has 0 aliphatic rings. The molecule has 0 aliphatic carbocycles. The van der Waals surface area contributed by atoms with Crippen LogP contribution in [0.5, 0.6) is 11.6 Å². The molecular weight excluding hydrogens is 318 g/mol. The lowest BCUT2D eigenvalue weighted by atomic mass is 10.1. The Labute approximate surface area is 127 Å². The van der Waals surface area contributed by atoms with E-state index in [9.17, 15) is 0 Å². The molecule has 0 saturated carbocycles. The lowest BCUT2D eigenvalue weighted by Crippen LogP contribution is -2.06. The summed E-state index contributed by atoms with van der Waals surface area (Å²) < 4.78 is 6.89. The zero-order chi connectivity index (χ0) is 14.4. The molecule has 4 nitrogen and oxygen atoms in total. The number of aromatic nitrogens is 2. The van der Waals surface area contributed by atoms with E-state index in [1.165, 1.54) is 6.33 Å². The summed E-state index contributed by atoms with van der Waals surface area (Å²) in [6, 6.07) is 7.73. The number of ether oxygens (including phenoxy) is 1. The van der Waals surface area contributed by atoms with Crippen molar-refractivity contribution in [2.75, 3.05) is 11.9 Å². The summed E-state index contributed by atoms with van der Waals surface area (Å²) in [5.74, 6) is 2.24. The molecule has 2 rings (SSSR count). The molecule has 20 heavy (non-hydrogen) atoms. The van der Waals surface area contributed by atoms with Crippen molar-refractivity contribution < 1.29 is 4.74 Å². The Kier molecular flexibility index (Phi) is 5.35. The van der Waals surface area contributed by atoms with Gasteiger partial charge in [0.2, 0.25) is 5.88 Å². The highest BCUT2D eigenvalue weighted by Gasteiger charge is 2.12. The first-order chi connectivity index (χ1) is 9.74. The van der Waals surface area contributed by atoms with Crippen LogP contribution in [0.3, 0.4) is 0 Å². The number of nitrogens with one attached hydrogen (secondary N) is 1. The number of hydrogen-bond donors (Lipinski definition) is 1. The Morgan fingerprint density at radius 1 is 1.25 bits per heavy atom. The molecule has 2 aromatic rings. The fourth-order valence-electron chi connectivity index (χ4n) is 1.92. The smallest absolute Gasteiger partial charge is 0.227 e. The molecule has 1 N–H and O–H groups in total. The van der Waals surface area contributed by atoms with E-state index in [1.54, 1.807) is 0 Å². The lowest BCUT2D eigenvalue weighted by molar-refractivity contribution is 0.454. The average molecular weight is 336 g/mol. The summed E-state index contributed by atoms with van der Waals surface area (Å²) >= 11 is 3.44. The highest BCUT2D eigenvalue weighted by atomic mass is 79.9. The van der Waals surface area contributed by atoms with E-state index in [-0.39, 0.29) is 0 Å². The van der Waals surface area contributed by atoms with Crippen LogP contribution in [0.2, 0.25) is 0 Å². The molecule has 1 aromatic heterocycles. The van der Waals surface area contributed by atoms with Crippen molar-refractivity contribution in [1.29, 1.82) is 0 Å². The van der Waals surface area contributed by atoms with Gasteiger partial charge in [-0.1, -0.05) is 35.3 Å². The van der Waals surface area contributed by atoms with E-state index in [2.05, 4.69) is 38.1 Å². The van der Waals surface area contributed by atoms with Gasteiger partial charge in [0.05, 0.1) is 5.56 Å². The van der Waals surface area contributed by atoms with Crippen LogP contribution in [0.1, 0.15) is 25.8 Å². The first kappa shape index (κ1) is 14.8. The normalized spacial score (nSPS) is 10.3. The van der Waals surface area contributed by atoms with Crippen LogP contribution in [0.25, 0.3) is 0 Å². The fraction of sp³-hybridized carbons (Fsp3) is 0.333. The molecule has 0 fully saturated rings. The predicted octanol–water partition coefficient (Wildman–Crippen LogP) is 4.42. The van der Waals surface area contributed by atoms with E-state index < -0.39 is 0 Å². The van der Waals surface area contributed by atoms with Crippen molar-refractivity contribution in [1.82, 2.24) is 9.97 Å². The van der Waals surface area contributed by atoms with Gasteiger partial charge < -0.3 is 10.1 Å². The van der Waals surface area contributed by atoms with Gasteiger partial charge >= 0.3 is 0 Å². The van der Waals surface area contributed by atoms with Crippen LogP contribution in [-0.4, -0.2) is 16.5 Å². The monoisotopic (exact) mass is 335 g/mol. The topological polar surface area (TPSA) is 47.0 Å². The highest BCUT2D eigenvalue weighted by Crippen LogP contribution is 2.29. The maximum atomic E-state index is 5.91. The van der Waals surface area contributed by atoms with Crippen molar-refractivity contribution in [2.24, 2.45) is 0 Å². The summed E-state index contributed by atoms with van der Waals surface area (Å²) in [7, 11) is 0. The van der Waals surface area contributed by atoms with Crippen molar-refractivity contribution in [2.45, 2.75) is 26.7 Å². The molecular formula is C15H18BrN3O. The summed E-state index contributed by atoms with van der Waals surface area (Å²) in [5.41, 5.74) is 1.02. The number of nitrogens with zero attached hydrogens (tertiary/aromatic N) is 2. The lowest BCUT2D eigenvalue weighted by Gasteiger charge is -2.13. The summed E-state index contributed by atoms with van der Waals surface area (Å²) in [5, 5.41) is 3.26. The maximum Gasteiger partial charge on any atom is 0.227 e. The van der Waals surface area contributed by atoms with Gasteiger partial charge in [-0.2, -0.15) is 0 Å². The van der Waals surface area contributed by atoms with E-state index in [4.69, 9.17) is 4.74 Å². The molecule has 0 amide bonds. The van der Waals surface area contributed by atoms with Gasteiger partial charge in [-0.3, -0.25) is 0 Å². The number of benzene rings is 1. The number of halogens is 1. The SMILES string of the molecule is CCCc1c(NCC)ncnc1Oc1cccc(Br)c1. The summed E-state index contributed by atoms with van der Waals surface area (Å²) in [6.07, 6.45) is 3.43. The zero-order valence-corrected chi connectivity index (χ0v) is 13.3. The van der Waals surface area contributed by atoms with Crippen LogP contribution in [-0.2, 0) is 6.42 Å². The molecule has 5 heteroatoms. The van der Waals surface area contributed by atoms with Gasteiger partial charge in [0.1, 0.15) is 17.9 Å². The quantitative estimate of drug-likeness (QED) is 0.848. The van der Waals surface area contributed by atoms with Gasteiger partial charge in [-0.25, -0.2) is 9.97 Å². The van der Waals surface area contributed by atoms with Gasteiger partial charge in [0, 0.05) is 11.0 Å². The van der Waals surface area contributed by atoms with Crippen molar-refractivity contribution in [3.05, 3.63) is 40.6 Å². The largest absolute Gasteiger partial charge is 0.439 e. The minimum atomic E-state index is 0.621. The van der Waals surface area contributed by atoms with Gasteiger partial charge in [-0.15, -0.1) is 0 Å². The summed E-state index contributed by atoms with van der Waals surface area (Å²) in [4.78, 5) is 8.57. The third kappa shape index (κ3) is 3.70. The number of anilines is 1. The molecule has 0 radical (unpaired) electrons. The van der Waals surface area contributed by atoms with Crippen LogP contribution < -0.4 is 10.1 Å². The van der Waals surface area contributed by atoms with Gasteiger partial charge in [-0.05, 0) is 31.5 Å². The molecule has 0 unspecified atom stereocenters. The fourth-order valence-corrected chi connectivity index (χ4v) is 2.30. The van der Waals surface area contributed by atoms with Crippen molar-refractivity contribution in [3.8, 4) is 11.6 Å². The zero-order valence-electron chi connectivity index (χ0n) is 11.7. The second-order valence-electron chi connectivity index (χ2n) is 4.35. The second-order valence-corrected chi connectivity index (χ2v) is 5.26. The van der Waals surface area contributed by atoms with Crippen molar-refractivity contribution >= 4 is 21.7 Å². The Morgan fingerprint density at radius 2 is 2.10 bits per heavy atom. The molecule has 0 aliphatic heterocycles. The predicted molar refractivity (Wildman–Crippen MR) is 84.4 cm³/mol. The van der Waals surface area contributed by atoms with Crippen molar-refractivity contribution in [3.63, 3.8) is 0 Å². The second kappa shape index (κ2) is 7.24.